The number of esters is 1. The number of hydrogen-bond donors (Lipinski definition) is 0. The Hall–Kier alpha value is -2.19. The van der Waals surface area contributed by atoms with Crippen molar-refractivity contribution in [1.29, 1.82) is 0 Å². The van der Waals surface area contributed by atoms with Crippen molar-refractivity contribution < 1.29 is 14.3 Å². The lowest BCUT2D eigenvalue weighted by Gasteiger charge is -2.51. The monoisotopic (exact) mass is 570 g/mol. The summed E-state index contributed by atoms with van der Waals surface area (Å²) in [5.41, 5.74) is 2.91. The van der Waals surface area contributed by atoms with Crippen LogP contribution in [0.2, 0.25) is 0 Å². The predicted octanol–water partition coefficient (Wildman–Crippen LogP) is 5.80. The Labute approximate surface area is 215 Å². The maximum atomic E-state index is 13.3. The average Bonchev–Trinajstić information content (AvgIpc) is 2.88. The highest BCUT2D eigenvalue weighted by Gasteiger charge is 2.44. The van der Waals surface area contributed by atoms with Crippen LogP contribution in [0.4, 0.5) is 0 Å². The predicted molar refractivity (Wildman–Crippen MR) is 142 cm³/mol. The molecule has 3 fully saturated rings. The number of benzene rings is 2. The van der Waals surface area contributed by atoms with Crippen molar-refractivity contribution in [2.75, 3.05) is 20.2 Å². The molecule has 6 rings (SSSR count). The van der Waals surface area contributed by atoms with Crippen molar-refractivity contribution in [3.8, 4) is 5.75 Å². The second-order valence-corrected chi connectivity index (χ2v) is 10.6. The molecule has 3 aliphatic heterocycles. The number of ether oxygens (including phenoxy) is 2. The van der Waals surface area contributed by atoms with Crippen molar-refractivity contribution in [3.63, 3.8) is 0 Å². The Balaban J connectivity index is 1.51. The normalized spacial score (nSPS) is 24.7. The summed E-state index contributed by atoms with van der Waals surface area (Å²) in [4.78, 5) is 20.4. The van der Waals surface area contributed by atoms with Crippen LogP contribution >= 0.6 is 22.6 Å². The van der Waals surface area contributed by atoms with Gasteiger partial charge in [-0.3, -0.25) is 14.7 Å². The minimum atomic E-state index is -0.341. The molecule has 0 N–H and O–H groups in total. The second-order valence-electron chi connectivity index (χ2n) is 9.48. The van der Waals surface area contributed by atoms with E-state index >= 15 is 0 Å². The van der Waals surface area contributed by atoms with Crippen LogP contribution in [0.3, 0.4) is 0 Å². The van der Waals surface area contributed by atoms with Crippen molar-refractivity contribution in [3.05, 3.63) is 69.4 Å². The van der Waals surface area contributed by atoms with Gasteiger partial charge in [0.15, 0.2) is 0 Å². The smallest absolute Gasteiger partial charge is 0.310 e. The standard InChI is InChI=1S/C28H31IN2O3/c1-3-18-17-31-13-11-19(18)14-26(31)28(34-27(32)15-20-6-4-5-7-24(20)29)22-10-12-30-25-9-8-21(33-2)16-23(22)25/h4-10,12,16,18-19,26,28H,3,11,13-15,17H2,1-2H3/t18-,19-,26-,28-/m0/s1. The number of fused-ring (bicyclic) bond motifs is 4. The lowest BCUT2D eigenvalue weighted by Crippen LogP contribution is -2.55. The van der Waals surface area contributed by atoms with E-state index in [9.17, 15) is 4.79 Å². The molecule has 178 valence electrons. The lowest BCUT2D eigenvalue weighted by atomic mass is 9.72. The average molecular weight is 570 g/mol. The van der Waals surface area contributed by atoms with Gasteiger partial charge in [-0.1, -0.05) is 31.5 Å². The first-order valence-corrected chi connectivity index (χ1v) is 13.2. The van der Waals surface area contributed by atoms with E-state index in [0.717, 1.165) is 56.8 Å². The third-order valence-electron chi connectivity index (χ3n) is 7.65. The molecule has 4 heterocycles. The highest BCUT2D eigenvalue weighted by molar-refractivity contribution is 14.1. The molecule has 0 radical (unpaired) electrons. The van der Waals surface area contributed by atoms with Crippen LogP contribution in [-0.4, -0.2) is 42.1 Å². The van der Waals surface area contributed by atoms with Gasteiger partial charge in [-0.05, 0) is 89.7 Å². The molecule has 1 aromatic heterocycles. The molecule has 3 saturated heterocycles. The zero-order valence-corrected chi connectivity index (χ0v) is 21.9. The number of aromatic nitrogens is 1. The van der Waals surface area contributed by atoms with Gasteiger partial charge in [-0.25, -0.2) is 0 Å². The van der Waals surface area contributed by atoms with Gasteiger partial charge >= 0.3 is 5.97 Å². The summed E-state index contributed by atoms with van der Waals surface area (Å²) in [6.07, 6.45) is 5.27. The second kappa shape index (κ2) is 10.2. The molecule has 0 saturated carbocycles. The molecule has 3 aliphatic rings. The summed E-state index contributed by atoms with van der Waals surface area (Å²) in [5, 5.41) is 0.989. The number of halogens is 1. The quantitative estimate of drug-likeness (QED) is 0.266. The molecule has 2 aromatic carbocycles. The Bertz CT molecular complexity index is 1180. The van der Waals surface area contributed by atoms with Gasteiger partial charge < -0.3 is 9.47 Å². The summed E-state index contributed by atoms with van der Waals surface area (Å²) < 4.78 is 13.0. The fourth-order valence-corrected chi connectivity index (χ4v) is 6.39. The molecule has 6 heteroatoms. The molecule has 34 heavy (non-hydrogen) atoms. The van der Waals surface area contributed by atoms with Crippen molar-refractivity contribution >= 4 is 39.5 Å². The van der Waals surface area contributed by atoms with Gasteiger partial charge in [0.05, 0.1) is 25.1 Å². The van der Waals surface area contributed by atoms with Gasteiger partial charge in [0.1, 0.15) is 11.9 Å². The first-order chi connectivity index (χ1) is 16.6. The third-order valence-corrected chi connectivity index (χ3v) is 8.70. The lowest BCUT2D eigenvalue weighted by molar-refractivity contribution is -0.157. The SMILES string of the molecule is CC[C@H]1CN2CC[C@H]1C[C@H]2[C@@H](OC(=O)Cc1ccccc1I)c1ccnc2ccc(OC)cc12. The van der Waals surface area contributed by atoms with Gasteiger partial charge in [0, 0.05) is 27.3 Å². The van der Waals surface area contributed by atoms with Crippen LogP contribution in [0.15, 0.2) is 54.7 Å². The van der Waals surface area contributed by atoms with Crippen LogP contribution < -0.4 is 4.74 Å². The minimum Gasteiger partial charge on any atom is -0.497 e. The van der Waals surface area contributed by atoms with Crippen LogP contribution in [-0.2, 0) is 16.0 Å². The maximum absolute atomic E-state index is 13.3. The molecular weight excluding hydrogens is 539 g/mol. The van der Waals surface area contributed by atoms with E-state index in [1.54, 1.807) is 7.11 Å². The van der Waals surface area contributed by atoms with Crippen LogP contribution in [0.25, 0.3) is 10.9 Å². The van der Waals surface area contributed by atoms with Crippen molar-refractivity contribution in [2.24, 2.45) is 11.8 Å². The third kappa shape index (κ3) is 4.67. The molecule has 1 unspecified atom stereocenters. The number of methoxy groups -OCH3 is 1. The number of pyridine rings is 1. The van der Waals surface area contributed by atoms with Gasteiger partial charge in [0.2, 0.25) is 0 Å². The first-order valence-electron chi connectivity index (χ1n) is 12.2. The van der Waals surface area contributed by atoms with Crippen molar-refractivity contribution in [2.45, 2.75) is 44.8 Å². The highest BCUT2D eigenvalue weighted by Crippen LogP contribution is 2.44. The summed E-state index contributed by atoms with van der Waals surface area (Å²) in [6.45, 7) is 4.45. The number of carbonyl (C=O) groups excluding carboxylic acids is 1. The van der Waals surface area contributed by atoms with Gasteiger partial charge in [-0.15, -0.1) is 0 Å². The van der Waals surface area contributed by atoms with E-state index in [1.807, 2.05) is 54.7 Å². The first kappa shape index (κ1) is 23.5. The largest absolute Gasteiger partial charge is 0.497 e. The maximum Gasteiger partial charge on any atom is 0.310 e. The molecule has 5 atom stereocenters. The summed E-state index contributed by atoms with van der Waals surface area (Å²) in [7, 11) is 1.67. The zero-order valence-electron chi connectivity index (χ0n) is 19.7. The van der Waals surface area contributed by atoms with Crippen LogP contribution in [0.1, 0.15) is 43.4 Å². The highest BCUT2D eigenvalue weighted by atomic mass is 127. The van der Waals surface area contributed by atoms with E-state index in [2.05, 4.69) is 39.4 Å². The van der Waals surface area contributed by atoms with E-state index in [-0.39, 0.29) is 24.5 Å². The molecular formula is C28H31IN2O3. The summed E-state index contributed by atoms with van der Waals surface area (Å²) >= 11 is 2.28. The summed E-state index contributed by atoms with van der Waals surface area (Å²) in [6, 6.07) is 16.1. The van der Waals surface area contributed by atoms with Crippen molar-refractivity contribution in [1.82, 2.24) is 9.88 Å². The van der Waals surface area contributed by atoms with Crippen LogP contribution in [0, 0.1) is 15.4 Å². The van der Waals surface area contributed by atoms with E-state index in [4.69, 9.17) is 9.47 Å². The zero-order chi connectivity index (χ0) is 23.7. The molecule has 5 nitrogen and oxygen atoms in total. The number of nitrogens with zero attached hydrogens (tertiary/aromatic N) is 2. The molecule has 0 aliphatic carbocycles. The topological polar surface area (TPSA) is 51.7 Å². The minimum absolute atomic E-state index is 0.178. The number of hydrogen-bond acceptors (Lipinski definition) is 5. The number of carbonyl (C=O) groups is 1. The van der Waals surface area contributed by atoms with Gasteiger partial charge in [0.25, 0.3) is 0 Å². The Kier molecular flexibility index (Phi) is 7.06. The van der Waals surface area contributed by atoms with E-state index in [1.165, 1.54) is 12.8 Å². The Morgan fingerprint density at radius 3 is 2.82 bits per heavy atom. The fourth-order valence-electron chi connectivity index (χ4n) is 5.81. The number of rotatable bonds is 7. The molecule has 0 amide bonds. The van der Waals surface area contributed by atoms with E-state index < -0.39 is 0 Å². The fraction of sp³-hybridized carbons (Fsp3) is 0.429. The summed E-state index contributed by atoms with van der Waals surface area (Å²) in [5.74, 6) is 2.03. The number of piperidine rings is 3. The van der Waals surface area contributed by atoms with E-state index in [0.29, 0.717) is 5.92 Å². The molecule has 0 spiro atoms. The van der Waals surface area contributed by atoms with Crippen LogP contribution in [0.5, 0.6) is 5.75 Å². The Morgan fingerprint density at radius 2 is 2.09 bits per heavy atom. The Morgan fingerprint density at radius 1 is 1.24 bits per heavy atom. The van der Waals surface area contributed by atoms with Gasteiger partial charge in [-0.2, -0.15) is 0 Å². The molecule has 3 aromatic rings. The molecule has 2 bridgehead atoms.